The molecule has 0 aromatic rings. The number of nitrogens with one attached hydrogen (secondary N) is 2. The van der Waals surface area contributed by atoms with E-state index in [2.05, 4.69) is 17.6 Å². The van der Waals surface area contributed by atoms with E-state index in [0.717, 1.165) is 13.0 Å². The Balaban J connectivity index is 2.27. The van der Waals surface area contributed by atoms with E-state index in [0.29, 0.717) is 6.04 Å². The molecule has 1 aliphatic heterocycles. The van der Waals surface area contributed by atoms with Crippen LogP contribution in [0.3, 0.4) is 0 Å². The maximum atomic E-state index is 11.4. The van der Waals surface area contributed by atoms with Crippen LogP contribution in [0.5, 0.6) is 0 Å². The predicted octanol–water partition coefficient (Wildman–Crippen LogP) is 1.26. The standard InChI is InChI=1S/C10H20N2O2/c1-5-7-8(6-11-7)12-9(13)14-10(2,3)4/h7-8,11H,5-6H2,1-4H3,(H,12,13)/t7-,8+/m1/s1. The van der Waals surface area contributed by atoms with Crippen LogP contribution < -0.4 is 10.6 Å². The highest BCUT2D eigenvalue weighted by molar-refractivity contribution is 5.68. The summed E-state index contributed by atoms with van der Waals surface area (Å²) in [7, 11) is 0. The molecule has 0 radical (unpaired) electrons. The lowest BCUT2D eigenvalue weighted by Crippen LogP contribution is -2.64. The lowest BCUT2D eigenvalue weighted by Gasteiger charge is -2.38. The Morgan fingerprint density at radius 1 is 1.57 bits per heavy atom. The monoisotopic (exact) mass is 200 g/mol. The number of alkyl carbamates (subject to hydrolysis) is 1. The zero-order valence-electron chi connectivity index (χ0n) is 9.39. The molecule has 0 aliphatic carbocycles. The van der Waals surface area contributed by atoms with E-state index in [1.165, 1.54) is 0 Å². The fourth-order valence-corrected chi connectivity index (χ4v) is 1.44. The fourth-order valence-electron chi connectivity index (χ4n) is 1.44. The average Bonchev–Trinajstić information content (AvgIpc) is 1.96. The molecule has 82 valence electrons. The molecule has 1 fully saturated rings. The van der Waals surface area contributed by atoms with Gasteiger partial charge in [0.1, 0.15) is 5.60 Å². The highest BCUT2D eigenvalue weighted by Crippen LogP contribution is 2.10. The van der Waals surface area contributed by atoms with Crippen LogP contribution in [0.25, 0.3) is 0 Å². The summed E-state index contributed by atoms with van der Waals surface area (Å²) in [6, 6.07) is 0.636. The van der Waals surface area contributed by atoms with Gasteiger partial charge in [0.15, 0.2) is 0 Å². The summed E-state index contributed by atoms with van der Waals surface area (Å²) in [6.45, 7) is 8.53. The molecular weight excluding hydrogens is 180 g/mol. The molecule has 0 aromatic heterocycles. The molecule has 1 amide bonds. The molecule has 1 heterocycles. The van der Waals surface area contributed by atoms with Crippen LogP contribution in [0, 0.1) is 0 Å². The number of rotatable bonds is 2. The Labute approximate surface area is 85.4 Å². The van der Waals surface area contributed by atoms with E-state index in [4.69, 9.17) is 4.74 Å². The largest absolute Gasteiger partial charge is 0.444 e. The highest BCUT2D eigenvalue weighted by Gasteiger charge is 2.31. The Hall–Kier alpha value is -0.770. The highest BCUT2D eigenvalue weighted by atomic mass is 16.6. The number of hydrogen-bond acceptors (Lipinski definition) is 3. The van der Waals surface area contributed by atoms with E-state index < -0.39 is 5.60 Å². The Bertz CT molecular complexity index is 209. The van der Waals surface area contributed by atoms with E-state index in [-0.39, 0.29) is 12.1 Å². The predicted molar refractivity (Wildman–Crippen MR) is 55.2 cm³/mol. The number of carbonyl (C=O) groups is 1. The number of amides is 1. The van der Waals surface area contributed by atoms with Gasteiger partial charge >= 0.3 is 6.09 Å². The molecule has 0 bridgehead atoms. The second-order valence-corrected chi connectivity index (χ2v) is 4.68. The van der Waals surface area contributed by atoms with E-state index in [1.807, 2.05) is 20.8 Å². The van der Waals surface area contributed by atoms with Crippen molar-refractivity contribution in [2.24, 2.45) is 0 Å². The maximum absolute atomic E-state index is 11.4. The van der Waals surface area contributed by atoms with Gasteiger partial charge in [-0.05, 0) is 27.2 Å². The molecule has 0 saturated carbocycles. The van der Waals surface area contributed by atoms with E-state index in [1.54, 1.807) is 0 Å². The molecule has 4 nitrogen and oxygen atoms in total. The van der Waals surface area contributed by atoms with E-state index >= 15 is 0 Å². The number of carbonyl (C=O) groups excluding carboxylic acids is 1. The van der Waals surface area contributed by atoms with Crippen molar-refractivity contribution in [1.29, 1.82) is 0 Å². The topological polar surface area (TPSA) is 50.4 Å². The summed E-state index contributed by atoms with van der Waals surface area (Å²) in [5.74, 6) is 0. The van der Waals surface area contributed by atoms with Crippen molar-refractivity contribution in [3.8, 4) is 0 Å². The quantitative estimate of drug-likeness (QED) is 0.705. The van der Waals surface area contributed by atoms with Crippen LogP contribution in [0.2, 0.25) is 0 Å². The smallest absolute Gasteiger partial charge is 0.407 e. The third kappa shape index (κ3) is 3.18. The zero-order chi connectivity index (χ0) is 10.8. The van der Waals surface area contributed by atoms with Gasteiger partial charge in [-0.2, -0.15) is 0 Å². The van der Waals surface area contributed by atoms with Crippen molar-refractivity contribution in [1.82, 2.24) is 10.6 Å². The summed E-state index contributed by atoms with van der Waals surface area (Å²) in [4.78, 5) is 11.4. The number of ether oxygens (including phenoxy) is 1. The first kappa shape index (κ1) is 11.3. The van der Waals surface area contributed by atoms with E-state index in [9.17, 15) is 4.79 Å². The molecule has 14 heavy (non-hydrogen) atoms. The van der Waals surface area contributed by atoms with Gasteiger partial charge in [-0.1, -0.05) is 6.92 Å². The number of hydrogen-bond donors (Lipinski definition) is 2. The van der Waals surface area contributed by atoms with Crippen molar-refractivity contribution >= 4 is 6.09 Å². The van der Waals surface area contributed by atoms with Crippen molar-refractivity contribution < 1.29 is 9.53 Å². The van der Waals surface area contributed by atoms with Gasteiger partial charge in [0.25, 0.3) is 0 Å². The first-order chi connectivity index (χ1) is 6.42. The average molecular weight is 200 g/mol. The summed E-state index contributed by atoms with van der Waals surface area (Å²) in [6.07, 6.45) is 0.711. The molecular formula is C10H20N2O2. The Kier molecular flexibility index (Phi) is 3.37. The SMILES string of the molecule is CC[C@H]1NC[C@@H]1NC(=O)OC(C)(C)C. The van der Waals surface area contributed by atoms with Gasteiger partial charge in [-0.15, -0.1) is 0 Å². The van der Waals surface area contributed by atoms with Gasteiger partial charge in [-0.3, -0.25) is 0 Å². The minimum atomic E-state index is -0.414. The van der Waals surface area contributed by atoms with Crippen LogP contribution in [-0.4, -0.2) is 30.3 Å². The third-order valence-electron chi connectivity index (χ3n) is 2.23. The van der Waals surface area contributed by atoms with Crippen LogP contribution in [0.1, 0.15) is 34.1 Å². The Morgan fingerprint density at radius 3 is 2.57 bits per heavy atom. The van der Waals surface area contributed by atoms with Gasteiger partial charge in [0, 0.05) is 12.6 Å². The first-order valence-corrected chi connectivity index (χ1v) is 5.15. The molecule has 2 atom stereocenters. The Morgan fingerprint density at radius 2 is 2.21 bits per heavy atom. The van der Waals surface area contributed by atoms with Crippen molar-refractivity contribution in [2.45, 2.75) is 51.8 Å². The lowest BCUT2D eigenvalue weighted by molar-refractivity contribution is 0.0462. The normalized spacial score (nSPS) is 26.6. The molecule has 1 saturated heterocycles. The molecule has 0 aromatic carbocycles. The van der Waals surface area contributed by atoms with Crippen molar-refractivity contribution in [3.63, 3.8) is 0 Å². The molecule has 1 aliphatic rings. The molecule has 0 unspecified atom stereocenters. The summed E-state index contributed by atoms with van der Waals surface area (Å²) in [5.41, 5.74) is -0.414. The van der Waals surface area contributed by atoms with Crippen LogP contribution in [0.4, 0.5) is 4.79 Å². The maximum Gasteiger partial charge on any atom is 0.407 e. The van der Waals surface area contributed by atoms with Crippen LogP contribution in [0.15, 0.2) is 0 Å². The van der Waals surface area contributed by atoms with Crippen LogP contribution >= 0.6 is 0 Å². The second kappa shape index (κ2) is 4.17. The molecule has 4 heteroatoms. The first-order valence-electron chi connectivity index (χ1n) is 5.15. The summed E-state index contributed by atoms with van der Waals surface area (Å²) in [5, 5.41) is 6.09. The minimum absolute atomic E-state index is 0.231. The minimum Gasteiger partial charge on any atom is -0.444 e. The van der Waals surface area contributed by atoms with Gasteiger partial charge in [0.2, 0.25) is 0 Å². The molecule has 0 spiro atoms. The molecule has 2 N–H and O–H groups in total. The fraction of sp³-hybridized carbons (Fsp3) is 0.900. The van der Waals surface area contributed by atoms with Crippen LogP contribution in [-0.2, 0) is 4.74 Å². The third-order valence-corrected chi connectivity index (χ3v) is 2.23. The summed E-state index contributed by atoms with van der Waals surface area (Å²) < 4.78 is 5.16. The van der Waals surface area contributed by atoms with Gasteiger partial charge in [-0.25, -0.2) is 4.79 Å². The lowest BCUT2D eigenvalue weighted by atomic mass is 9.98. The molecule has 1 rings (SSSR count). The summed E-state index contributed by atoms with van der Waals surface area (Å²) >= 11 is 0. The van der Waals surface area contributed by atoms with Crippen molar-refractivity contribution in [2.75, 3.05) is 6.54 Å². The van der Waals surface area contributed by atoms with Gasteiger partial charge < -0.3 is 15.4 Å². The second-order valence-electron chi connectivity index (χ2n) is 4.68. The van der Waals surface area contributed by atoms with Gasteiger partial charge in [0.05, 0.1) is 6.04 Å². The van der Waals surface area contributed by atoms with Crippen molar-refractivity contribution in [3.05, 3.63) is 0 Å². The zero-order valence-corrected chi connectivity index (χ0v) is 9.39.